The van der Waals surface area contributed by atoms with Crippen LogP contribution in [0.3, 0.4) is 0 Å². The highest BCUT2D eigenvalue weighted by atomic mass is 127. The molecule has 1 amide bonds. The molecule has 0 spiro atoms. The van der Waals surface area contributed by atoms with E-state index >= 15 is 0 Å². The van der Waals surface area contributed by atoms with E-state index in [0.717, 1.165) is 45.9 Å². The molecule has 2 rings (SSSR count). The van der Waals surface area contributed by atoms with Crippen LogP contribution in [0.2, 0.25) is 0 Å². The zero-order chi connectivity index (χ0) is 11.4. The van der Waals surface area contributed by atoms with Gasteiger partial charge in [0, 0.05) is 55.3 Å². The largest absolute Gasteiger partial charge is 0.379 e. The van der Waals surface area contributed by atoms with Crippen molar-refractivity contribution < 1.29 is 14.3 Å². The van der Waals surface area contributed by atoms with Crippen molar-refractivity contribution in [2.24, 2.45) is 0 Å². The van der Waals surface area contributed by atoms with Crippen molar-refractivity contribution in [2.75, 3.05) is 52.5 Å². The monoisotopic (exact) mass is 340 g/mol. The van der Waals surface area contributed by atoms with Gasteiger partial charge in [-0.1, -0.05) is 0 Å². The molecule has 0 aromatic carbocycles. The maximum absolute atomic E-state index is 11.3. The summed E-state index contributed by atoms with van der Waals surface area (Å²) in [4.78, 5) is 15.5. The van der Waals surface area contributed by atoms with Crippen molar-refractivity contribution in [1.82, 2.24) is 9.80 Å². The first-order valence-electron chi connectivity index (χ1n) is 5.62. The SMILES string of the molecule is O=C(I)N1CCOC(CN2CCOCC2)C1. The van der Waals surface area contributed by atoms with Gasteiger partial charge < -0.3 is 14.4 Å². The molecule has 0 radical (unpaired) electrons. The summed E-state index contributed by atoms with van der Waals surface area (Å²) in [5, 5.41) is 0. The summed E-state index contributed by atoms with van der Waals surface area (Å²) in [6.45, 7) is 6.56. The Morgan fingerprint density at radius 2 is 2.00 bits per heavy atom. The summed E-state index contributed by atoms with van der Waals surface area (Å²) in [7, 11) is 0. The van der Waals surface area contributed by atoms with Gasteiger partial charge in [0.1, 0.15) is 0 Å². The number of amides is 1. The van der Waals surface area contributed by atoms with E-state index in [1.165, 1.54) is 0 Å². The van der Waals surface area contributed by atoms with Crippen LogP contribution in [-0.4, -0.2) is 72.4 Å². The number of hydrogen-bond acceptors (Lipinski definition) is 4. The molecule has 6 heteroatoms. The molecule has 1 atom stereocenters. The van der Waals surface area contributed by atoms with Gasteiger partial charge in [-0.15, -0.1) is 0 Å². The molecule has 5 nitrogen and oxygen atoms in total. The summed E-state index contributed by atoms with van der Waals surface area (Å²) in [6, 6.07) is 0. The van der Waals surface area contributed by atoms with E-state index < -0.39 is 0 Å². The quantitative estimate of drug-likeness (QED) is 0.419. The van der Waals surface area contributed by atoms with Gasteiger partial charge in [-0.25, -0.2) is 0 Å². The molecule has 0 bridgehead atoms. The van der Waals surface area contributed by atoms with E-state index in [9.17, 15) is 4.79 Å². The standard InChI is InChI=1S/C10H17IN2O3/c11-10(14)13-3-6-16-9(8-13)7-12-1-4-15-5-2-12/h9H,1-8H2. The lowest BCUT2D eigenvalue weighted by Gasteiger charge is -2.36. The fourth-order valence-corrected chi connectivity index (χ4v) is 2.50. The Balaban J connectivity index is 1.78. The third kappa shape index (κ3) is 3.54. The Morgan fingerprint density at radius 1 is 1.25 bits per heavy atom. The molecule has 0 saturated carbocycles. The van der Waals surface area contributed by atoms with Crippen LogP contribution in [0.4, 0.5) is 4.79 Å². The van der Waals surface area contributed by atoms with Crippen molar-refractivity contribution in [3.63, 3.8) is 0 Å². The van der Waals surface area contributed by atoms with Crippen LogP contribution in [0.1, 0.15) is 0 Å². The minimum absolute atomic E-state index is 0.118. The van der Waals surface area contributed by atoms with Crippen molar-refractivity contribution in [1.29, 1.82) is 0 Å². The zero-order valence-electron chi connectivity index (χ0n) is 9.23. The molecule has 2 fully saturated rings. The lowest BCUT2D eigenvalue weighted by Crippen LogP contribution is -2.50. The summed E-state index contributed by atoms with van der Waals surface area (Å²) >= 11 is 1.84. The molecule has 0 aromatic rings. The van der Waals surface area contributed by atoms with Gasteiger partial charge in [-0.05, 0) is 0 Å². The number of rotatable bonds is 2. The Kier molecular flexibility index (Phi) is 4.80. The van der Waals surface area contributed by atoms with Gasteiger partial charge in [-0.2, -0.15) is 0 Å². The van der Waals surface area contributed by atoms with Gasteiger partial charge in [0.05, 0.1) is 25.9 Å². The molecule has 2 aliphatic rings. The normalized spacial score (nSPS) is 28.1. The average molecular weight is 340 g/mol. The number of carbonyl (C=O) groups excluding carboxylic acids is 1. The fourth-order valence-electron chi connectivity index (χ4n) is 2.06. The summed E-state index contributed by atoms with van der Waals surface area (Å²) in [6.07, 6.45) is 0.158. The van der Waals surface area contributed by atoms with Crippen LogP contribution in [-0.2, 0) is 9.47 Å². The molecule has 1 unspecified atom stereocenters. The Bertz CT molecular complexity index is 246. The number of carbonyl (C=O) groups is 1. The van der Waals surface area contributed by atoms with Gasteiger partial charge in [0.25, 0.3) is 3.91 Å². The van der Waals surface area contributed by atoms with Crippen LogP contribution in [0, 0.1) is 0 Å². The topological polar surface area (TPSA) is 42.0 Å². The molecule has 0 N–H and O–H groups in total. The lowest BCUT2D eigenvalue weighted by molar-refractivity contribution is -0.0445. The summed E-state index contributed by atoms with van der Waals surface area (Å²) < 4.78 is 11.1. The van der Waals surface area contributed by atoms with Crippen molar-refractivity contribution >= 4 is 26.5 Å². The highest BCUT2D eigenvalue weighted by molar-refractivity contribution is 14.1. The van der Waals surface area contributed by atoms with Crippen LogP contribution in [0.25, 0.3) is 0 Å². The molecule has 2 saturated heterocycles. The Labute approximate surface area is 109 Å². The highest BCUT2D eigenvalue weighted by Crippen LogP contribution is 2.11. The number of ether oxygens (including phenoxy) is 2. The maximum atomic E-state index is 11.3. The van der Waals surface area contributed by atoms with E-state index in [1.54, 1.807) is 0 Å². The van der Waals surface area contributed by atoms with Gasteiger partial charge in [-0.3, -0.25) is 9.69 Å². The number of halogens is 1. The molecular formula is C10H17IN2O3. The maximum Gasteiger partial charge on any atom is 0.283 e. The second kappa shape index (κ2) is 6.13. The highest BCUT2D eigenvalue weighted by Gasteiger charge is 2.25. The van der Waals surface area contributed by atoms with Crippen molar-refractivity contribution in [3.05, 3.63) is 0 Å². The predicted molar refractivity (Wildman–Crippen MR) is 68.0 cm³/mol. The minimum atomic E-state index is 0.118. The first-order valence-corrected chi connectivity index (χ1v) is 6.69. The smallest absolute Gasteiger partial charge is 0.283 e. The van der Waals surface area contributed by atoms with Gasteiger partial charge in [0.2, 0.25) is 0 Å². The number of nitrogens with zero attached hydrogens (tertiary/aromatic N) is 2. The van der Waals surface area contributed by atoms with Crippen LogP contribution in [0.15, 0.2) is 0 Å². The van der Waals surface area contributed by atoms with E-state index in [0.29, 0.717) is 6.61 Å². The second-order valence-corrected chi connectivity index (χ2v) is 5.03. The predicted octanol–water partition coefficient (Wildman–Crippen LogP) is 0.574. The van der Waals surface area contributed by atoms with Crippen LogP contribution >= 0.6 is 22.6 Å². The second-order valence-electron chi connectivity index (χ2n) is 4.10. The minimum Gasteiger partial charge on any atom is -0.379 e. The van der Waals surface area contributed by atoms with Crippen molar-refractivity contribution in [2.45, 2.75) is 6.10 Å². The number of morpholine rings is 2. The molecule has 0 aliphatic carbocycles. The molecule has 2 aliphatic heterocycles. The molecule has 0 aromatic heterocycles. The van der Waals surface area contributed by atoms with E-state index in [4.69, 9.17) is 9.47 Å². The first-order chi connectivity index (χ1) is 7.75. The summed E-state index contributed by atoms with van der Waals surface area (Å²) in [5.74, 6) is 0. The van der Waals surface area contributed by atoms with Crippen LogP contribution in [0.5, 0.6) is 0 Å². The van der Waals surface area contributed by atoms with Gasteiger partial charge in [0.15, 0.2) is 0 Å². The molecule has 2 heterocycles. The van der Waals surface area contributed by atoms with E-state index in [2.05, 4.69) is 4.90 Å². The summed E-state index contributed by atoms with van der Waals surface area (Å²) in [5.41, 5.74) is 0. The average Bonchev–Trinajstić information content (AvgIpc) is 2.30. The van der Waals surface area contributed by atoms with Gasteiger partial charge >= 0.3 is 0 Å². The zero-order valence-corrected chi connectivity index (χ0v) is 11.4. The molecule has 92 valence electrons. The Morgan fingerprint density at radius 3 is 2.69 bits per heavy atom. The molecular weight excluding hydrogens is 323 g/mol. The third-order valence-corrected chi connectivity index (χ3v) is 3.64. The lowest BCUT2D eigenvalue weighted by atomic mass is 10.2. The fraction of sp³-hybridized carbons (Fsp3) is 0.900. The van der Waals surface area contributed by atoms with E-state index in [-0.39, 0.29) is 10.0 Å². The van der Waals surface area contributed by atoms with Crippen LogP contribution < -0.4 is 0 Å². The number of hydrogen-bond donors (Lipinski definition) is 0. The third-order valence-electron chi connectivity index (χ3n) is 2.95. The van der Waals surface area contributed by atoms with Crippen molar-refractivity contribution in [3.8, 4) is 0 Å². The first kappa shape index (κ1) is 12.5. The Hall–Kier alpha value is 0.0800. The molecule has 16 heavy (non-hydrogen) atoms. The van der Waals surface area contributed by atoms with E-state index in [1.807, 2.05) is 27.5 Å².